The van der Waals surface area contributed by atoms with Crippen molar-refractivity contribution in [1.29, 1.82) is 0 Å². The standard InChI is InChI=1S/C48H63N9O2/c1-31-27-56(37-13-11-33(12-14-37)45(59)52-46-47(3,4)30-48(46,5)6)21-15-35(31)28-54-19-16-38(17-20-54)57-43-18-22-55(32(2)58)29-41(43)44(53-57)39-10-8-9-34-23-42(51-26-40(34)39)36(24-49)25-50-7/h8-14,23-26,31,35,38,46H,15-22,27-30,49H2,1-7H3,(H,52,59)/b36-24+,50-25?/t31-,35?/m0/s1. The van der Waals surface area contributed by atoms with Crippen molar-refractivity contribution >= 4 is 40.1 Å². The maximum atomic E-state index is 13.2. The molecule has 11 heteroatoms. The van der Waals surface area contributed by atoms with Crippen LogP contribution in [0.4, 0.5) is 5.69 Å². The molecule has 1 unspecified atom stereocenters. The second kappa shape index (κ2) is 16.2. The van der Waals surface area contributed by atoms with Crippen LogP contribution in [-0.4, -0.2) is 95.0 Å². The zero-order valence-corrected chi connectivity index (χ0v) is 36.2. The summed E-state index contributed by atoms with van der Waals surface area (Å²) in [6.45, 7) is 19.6. The third-order valence-corrected chi connectivity index (χ3v) is 14.0. The van der Waals surface area contributed by atoms with E-state index in [0.717, 1.165) is 109 Å². The lowest BCUT2D eigenvalue weighted by Crippen LogP contribution is -2.63. The third kappa shape index (κ3) is 8.02. The van der Waals surface area contributed by atoms with Gasteiger partial charge in [0.1, 0.15) is 0 Å². The molecule has 3 N–H and O–H groups in total. The van der Waals surface area contributed by atoms with Crippen LogP contribution in [-0.2, 0) is 17.8 Å². The lowest BCUT2D eigenvalue weighted by Gasteiger charge is -2.57. The molecular weight excluding hydrogens is 735 g/mol. The maximum Gasteiger partial charge on any atom is 0.251 e. The molecule has 1 aliphatic carbocycles. The average Bonchev–Trinajstić information content (AvgIpc) is 3.60. The molecule has 312 valence electrons. The number of carbonyl (C=O) groups is 2. The summed E-state index contributed by atoms with van der Waals surface area (Å²) in [6.07, 6.45) is 10.4. The largest absolute Gasteiger partial charge is 0.404 e. The summed E-state index contributed by atoms with van der Waals surface area (Å²) in [5, 5.41) is 10.8. The first kappa shape index (κ1) is 40.7. The molecule has 0 radical (unpaired) electrons. The molecule has 0 bridgehead atoms. The number of benzene rings is 2. The Labute approximate surface area is 350 Å². The van der Waals surface area contributed by atoms with Crippen molar-refractivity contribution < 1.29 is 9.59 Å². The Hall–Kier alpha value is -5.03. The molecule has 5 heterocycles. The Balaban J connectivity index is 0.913. The number of nitrogens with zero attached hydrogens (tertiary/aromatic N) is 7. The first-order chi connectivity index (χ1) is 28.3. The number of nitrogens with one attached hydrogen (secondary N) is 1. The minimum Gasteiger partial charge on any atom is -0.404 e. The fourth-order valence-corrected chi connectivity index (χ4v) is 11.2. The van der Waals surface area contributed by atoms with Gasteiger partial charge in [-0.05, 0) is 84.1 Å². The van der Waals surface area contributed by atoms with Crippen LogP contribution in [0.5, 0.6) is 0 Å². The summed E-state index contributed by atoms with van der Waals surface area (Å²) >= 11 is 0. The number of hydrogen-bond donors (Lipinski definition) is 2. The number of rotatable bonds is 9. The molecule has 59 heavy (non-hydrogen) atoms. The van der Waals surface area contributed by atoms with Gasteiger partial charge >= 0.3 is 0 Å². The molecular formula is C48H63N9O2. The van der Waals surface area contributed by atoms with Crippen molar-refractivity contribution in [2.45, 2.75) is 92.3 Å². The highest BCUT2D eigenvalue weighted by Gasteiger charge is 2.53. The Kier molecular flexibility index (Phi) is 11.2. The van der Waals surface area contributed by atoms with E-state index in [1.165, 1.54) is 17.6 Å². The van der Waals surface area contributed by atoms with Gasteiger partial charge in [-0.1, -0.05) is 52.8 Å². The van der Waals surface area contributed by atoms with Crippen LogP contribution in [0.3, 0.4) is 0 Å². The van der Waals surface area contributed by atoms with Gasteiger partial charge in [-0.3, -0.25) is 24.2 Å². The van der Waals surface area contributed by atoms with E-state index < -0.39 is 0 Å². The van der Waals surface area contributed by atoms with Crippen molar-refractivity contribution in [3.8, 4) is 11.3 Å². The van der Waals surface area contributed by atoms with Crippen molar-refractivity contribution in [2.75, 3.05) is 51.2 Å². The highest BCUT2D eigenvalue weighted by atomic mass is 16.2. The van der Waals surface area contributed by atoms with Crippen molar-refractivity contribution in [2.24, 2.45) is 33.4 Å². The lowest BCUT2D eigenvalue weighted by molar-refractivity contribution is -0.129. The zero-order chi connectivity index (χ0) is 41.6. The van der Waals surface area contributed by atoms with Gasteiger partial charge in [-0.15, -0.1) is 0 Å². The molecule has 4 aromatic rings. The van der Waals surface area contributed by atoms with Gasteiger partial charge in [-0.2, -0.15) is 5.10 Å². The van der Waals surface area contributed by atoms with Crippen molar-refractivity contribution in [1.82, 2.24) is 29.9 Å². The van der Waals surface area contributed by atoms with Gasteiger partial charge in [0.05, 0.1) is 17.4 Å². The number of anilines is 1. The summed E-state index contributed by atoms with van der Waals surface area (Å²) in [5.74, 6) is 1.34. The number of amides is 2. The number of allylic oxidation sites excluding steroid dienone is 1. The van der Waals surface area contributed by atoms with Gasteiger partial charge in [-0.25, -0.2) is 0 Å². The number of pyridine rings is 1. The van der Waals surface area contributed by atoms with Crippen LogP contribution >= 0.6 is 0 Å². The molecule has 8 rings (SSSR count). The van der Waals surface area contributed by atoms with Crippen molar-refractivity contribution in [3.05, 3.63) is 83.4 Å². The van der Waals surface area contributed by atoms with Gasteiger partial charge in [0, 0.05) is 130 Å². The molecule has 3 fully saturated rings. The lowest BCUT2D eigenvalue weighted by atomic mass is 9.52. The van der Waals surface area contributed by atoms with E-state index >= 15 is 0 Å². The van der Waals surface area contributed by atoms with E-state index in [1.807, 2.05) is 23.2 Å². The molecule has 3 aliphatic heterocycles. The fraction of sp³-hybridized carbons (Fsp3) is 0.521. The first-order valence-electron chi connectivity index (χ1n) is 21.7. The molecule has 2 atom stereocenters. The quantitative estimate of drug-likeness (QED) is 0.170. The molecule has 2 aromatic heterocycles. The van der Waals surface area contributed by atoms with Crippen molar-refractivity contribution in [3.63, 3.8) is 0 Å². The van der Waals surface area contributed by atoms with E-state index in [9.17, 15) is 9.59 Å². The predicted octanol–water partition coefficient (Wildman–Crippen LogP) is 7.36. The van der Waals surface area contributed by atoms with Gasteiger partial charge in [0.2, 0.25) is 5.91 Å². The summed E-state index contributed by atoms with van der Waals surface area (Å²) < 4.78 is 2.33. The molecule has 2 amide bonds. The summed E-state index contributed by atoms with van der Waals surface area (Å²) in [7, 11) is 1.73. The molecule has 1 saturated carbocycles. The minimum atomic E-state index is 0.0285. The number of aliphatic imine (C=N–C) groups is 1. The number of nitrogens with two attached hydrogens (primary N) is 1. The number of piperidine rings is 2. The zero-order valence-electron chi connectivity index (χ0n) is 36.2. The Morgan fingerprint density at radius 2 is 1.75 bits per heavy atom. The molecule has 0 spiro atoms. The second-order valence-corrected chi connectivity index (χ2v) is 19.1. The fourth-order valence-electron chi connectivity index (χ4n) is 11.2. The first-order valence-corrected chi connectivity index (χ1v) is 21.7. The SMILES string of the molecule is CN=C/C(=C\N)c1cc2cccc(-c3nn(C4CCN(CC5CCN(c6ccc(C(=O)NC7C(C)(C)CC7(C)C)cc6)C[C@@H]5C)CC4)c4c3CN(C(C)=O)CC4)c2cn1. The van der Waals surface area contributed by atoms with Crippen LogP contribution in [0.2, 0.25) is 0 Å². The average molecular weight is 798 g/mol. The highest BCUT2D eigenvalue weighted by molar-refractivity contribution is 6.10. The highest BCUT2D eigenvalue weighted by Crippen LogP contribution is 2.53. The molecule has 2 aromatic carbocycles. The second-order valence-electron chi connectivity index (χ2n) is 19.1. The molecule has 11 nitrogen and oxygen atoms in total. The van der Waals surface area contributed by atoms with Crippen LogP contribution in [0.1, 0.15) is 101 Å². The number of hydrogen-bond acceptors (Lipinski definition) is 8. The van der Waals surface area contributed by atoms with Crippen LogP contribution in [0.15, 0.2) is 65.9 Å². The third-order valence-electron chi connectivity index (χ3n) is 14.0. The van der Waals surface area contributed by atoms with E-state index in [4.69, 9.17) is 15.8 Å². The predicted molar refractivity (Wildman–Crippen MR) is 238 cm³/mol. The molecule has 4 aliphatic rings. The van der Waals surface area contributed by atoms with E-state index in [2.05, 4.69) is 95.8 Å². The monoisotopic (exact) mass is 798 g/mol. The summed E-state index contributed by atoms with van der Waals surface area (Å²) in [4.78, 5) is 41.9. The number of aromatic nitrogens is 3. The van der Waals surface area contributed by atoms with Gasteiger partial charge in [0.25, 0.3) is 5.91 Å². The summed E-state index contributed by atoms with van der Waals surface area (Å²) in [5.41, 5.74) is 14.1. The van der Waals surface area contributed by atoms with Crippen LogP contribution < -0.4 is 16.0 Å². The number of carbonyl (C=O) groups excluding carboxylic acids is 2. The van der Waals surface area contributed by atoms with Gasteiger partial charge in [0.15, 0.2) is 0 Å². The Morgan fingerprint density at radius 1 is 1.00 bits per heavy atom. The topological polar surface area (TPSA) is 125 Å². The van der Waals surface area contributed by atoms with Gasteiger partial charge < -0.3 is 25.8 Å². The molecule has 2 saturated heterocycles. The van der Waals surface area contributed by atoms with E-state index in [1.54, 1.807) is 20.2 Å². The Bertz CT molecular complexity index is 2250. The maximum absolute atomic E-state index is 13.2. The van der Waals surface area contributed by atoms with E-state index in [-0.39, 0.29) is 28.7 Å². The van der Waals surface area contributed by atoms with Crippen LogP contribution in [0, 0.1) is 22.7 Å². The minimum absolute atomic E-state index is 0.0285. The van der Waals surface area contributed by atoms with Crippen LogP contribution in [0.25, 0.3) is 27.6 Å². The summed E-state index contributed by atoms with van der Waals surface area (Å²) in [6, 6.07) is 17.1. The Morgan fingerprint density at radius 3 is 2.41 bits per heavy atom. The van der Waals surface area contributed by atoms with E-state index in [0.29, 0.717) is 31.0 Å². The smallest absolute Gasteiger partial charge is 0.251 e. The number of fused-ring (bicyclic) bond motifs is 2. The number of likely N-dealkylation sites (tertiary alicyclic amines) is 1. The normalized spacial score (nSPS) is 22.7.